The highest BCUT2D eigenvalue weighted by molar-refractivity contribution is 7.89. The van der Waals surface area contributed by atoms with E-state index in [4.69, 9.17) is 0 Å². The second kappa shape index (κ2) is 8.92. The van der Waals surface area contributed by atoms with Crippen LogP contribution in [0.15, 0.2) is 46.4 Å². The van der Waals surface area contributed by atoms with Crippen LogP contribution < -0.4 is 10.1 Å². The molecule has 0 unspecified atom stereocenters. The Bertz CT molecular complexity index is 926. The molecule has 0 saturated heterocycles. The summed E-state index contributed by atoms with van der Waals surface area (Å²) < 4.78 is 27.4. The van der Waals surface area contributed by atoms with Gasteiger partial charge in [-0.15, -0.1) is 0 Å². The van der Waals surface area contributed by atoms with Gasteiger partial charge in [-0.05, 0) is 49.4 Å². The fourth-order valence-electron chi connectivity index (χ4n) is 2.88. The number of benzene rings is 2. The smallest absolute Gasteiger partial charge is 0.255 e. The molecule has 0 atom stereocenters. The van der Waals surface area contributed by atoms with E-state index in [0.717, 1.165) is 17.5 Å². The number of amides is 1. The maximum Gasteiger partial charge on any atom is 0.255 e. The van der Waals surface area contributed by atoms with Gasteiger partial charge in [0.15, 0.2) is 0 Å². The molecule has 6 nitrogen and oxygen atoms in total. The summed E-state index contributed by atoms with van der Waals surface area (Å²) in [5, 5.41) is 3.86. The van der Waals surface area contributed by atoms with E-state index in [1.54, 1.807) is 26.0 Å². The Hall–Kier alpha value is -2.51. The van der Waals surface area contributed by atoms with Crippen LogP contribution in [-0.2, 0) is 21.2 Å². The quantitative estimate of drug-likeness (QED) is 0.565. The molecule has 7 heteroatoms. The van der Waals surface area contributed by atoms with Gasteiger partial charge in [-0.1, -0.05) is 48.9 Å². The van der Waals surface area contributed by atoms with Gasteiger partial charge >= 0.3 is 0 Å². The summed E-state index contributed by atoms with van der Waals surface area (Å²) in [6.07, 6.45) is 2.47. The second-order valence-corrected chi connectivity index (χ2v) is 8.14. The van der Waals surface area contributed by atoms with Crippen molar-refractivity contribution in [3.63, 3.8) is 0 Å². The molecule has 2 aromatic carbocycles. The lowest BCUT2D eigenvalue weighted by Gasteiger charge is -2.12. The Morgan fingerprint density at radius 2 is 1.67 bits per heavy atom. The first-order valence-electron chi connectivity index (χ1n) is 8.71. The van der Waals surface area contributed by atoms with Crippen molar-refractivity contribution in [1.82, 2.24) is 10.1 Å². The van der Waals surface area contributed by atoms with Gasteiger partial charge < -0.3 is 0 Å². The molecule has 144 valence electrons. The van der Waals surface area contributed by atoms with E-state index in [0.29, 0.717) is 11.1 Å². The van der Waals surface area contributed by atoms with Gasteiger partial charge in [0.2, 0.25) is 10.0 Å². The summed E-state index contributed by atoms with van der Waals surface area (Å²) in [6.45, 7) is 7.07. The molecule has 2 rings (SSSR count). The average molecular weight is 388 g/mol. The van der Waals surface area contributed by atoms with E-state index in [9.17, 15) is 13.2 Å². The highest BCUT2D eigenvalue weighted by Gasteiger charge is 2.20. The van der Waals surface area contributed by atoms with Crippen molar-refractivity contribution in [2.24, 2.45) is 5.10 Å². The predicted molar refractivity (Wildman–Crippen MR) is 107 cm³/mol. The molecule has 2 aromatic rings. The van der Waals surface area contributed by atoms with Gasteiger partial charge in [0.1, 0.15) is 0 Å². The van der Waals surface area contributed by atoms with Crippen molar-refractivity contribution in [1.29, 1.82) is 0 Å². The van der Waals surface area contributed by atoms with Crippen LogP contribution in [-0.4, -0.2) is 27.1 Å². The highest BCUT2D eigenvalue weighted by Crippen LogP contribution is 2.21. The summed E-state index contributed by atoms with van der Waals surface area (Å²) in [5.74, 6) is -0.539. The van der Waals surface area contributed by atoms with E-state index in [1.165, 1.54) is 11.8 Å². The Morgan fingerprint density at radius 1 is 1.07 bits per heavy atom. The summed E-state index contributed by atoms with van der Waals surface area (Å²) in [7, 11) is -3.78. The van der Waals surface area contributed by atoms with Crippen molar-refractivity contribution in [2.45, 2.75) is 39.0 Å². The Balaban J connectivity index is 1.95. The number of rotatable bonds is 7. The fourth-order valence-corrected chi connectivity index (χ4v) is 4.31. The van der Waals surface area contributed by atoms with Gasteiger partial charge in [-0.25, -0.2) is 18.6 Å². The Labute approximate surface area is 160 Å². The number of sulfonamides is 1. The zero-order valence-electron chi connectivity index (χ0n) is 16.0. The lowest BCUT2D eigenvalue weighted by atomic mass is 10.1. The van der Waals surface area contributed by atoms with Crippen molar-refractivity contribution in [3.05, 3.63) is 64.2 Å². The van der Waals surface area contributed by atoms with Crippen molar-refractivity contribution >= 4 is 22.1 Å². The minimum atomic E-state index is -3.78. The van der Waals surface area contributed by atoms with Gasteiger partial charge in [-0.2, -0.15) is 5.10 Å². The number of hydrogen-bond donors (Lipinski definition) is 2. The van der Waals surface area contributed by atoms with Crippen molar-refractivity contribution in [2.75, 3.05) is 6.54 Å². The molecule has 0 aliphatic rings. The van der Waals surface area contributed by atoms with Crippen LogP contribution in [0.1, 0.15) is 34.7 Å². The van der Waals surface area contributed by atoms with Crippen LogP contribution in [0.25, 0.3) is 0 Å². The van der Waals surface area contributed by atoms with Crippen LogP contribution in [0.3, 0.4) is 0 Å². The van der Waals surface area contributed by atoms with E-state index in [2.05, 4.69) is 22.2 Å². The highest BCUT2D eigenvalue weighted by atomic mass is 32.2. The van der Waals surface area contributed by atoms with E-state index in [1.807, 2.05) is 31.2 Å². The number of nitrogens with zero attached hydrogens (tertiary/aromatic N) is 1. The number of carbonyl (C=O) groups excluding carboxylic acids is 1. The van der Waals surface area contributed by atoms with Crippen LogP contribution in [0.4, 0.5) is 0 Å². The fraction of sp³-hybridized carbons (Fsp3) is 0.300. The molecule has 27 heavy (non-hydrogen) atoms. The Kier molecular flexibility index (Phi) is 6.87. The first kappa shape index (κ1) is 20.8. The molecule has 0 radical (unpaired) electrons. The number of nitrogens with one attached hydrogen (secondary N) is 2. The predicted octanol–water partition coefficient (Wildman–Crippen LogP) is 2.60. The lowest BCUT2D eigenvalue weighted by Crippen LogP contribution is -2.35. The summed E-state index contributed by atoms with van der Waals surface area (Å²) in [4.78, 5) is 12.1. The molecular formula is C20H25N3O3S. The lowest BCUT2D eigenvalue weighted by molar-refractivity contribution is -0.119. The normalized spacial score (nSPS) is 11.7. The zero-order valence-corrected chi connectivity index (χ0v) is 16.9. The van der Waals surface area contributed by atoms with Gasteiger partial charge in [-0.3, -0.25) is 4.79 Å². The maximum atomic E-state index is 12.5. The minimum absolute atomic E-state index is 0.209. The van der Waals surface area contributed by atoms with Crippen LogP contribution in [0.5, 0.6) is 0 Å². The third-order valence-corrected chi connectivity index (χ3v) is 5.79. The Morgan fingerprint density at radius 3 is 2.22 bits per heavy atom. The second-order valence-electron chi connectivity index (χ2n) is 6.44. The van der Waals surface area contributed by atoms with Crippen LogP contribution in [0, 0.1) is 20.8 Å². The molecule has 1 amide bonds. The molecule has 2 N–H and O–H groups in total. The molecular weight excluding hydrogens is 362 g/mol. The zero-order chi connectivity index (χ0) is 20.0. The number of hydrogen-bond acceptors (Lipinski definition) is 4. The third-order valence-electron chi connectivity index (χ3n) is 4.09. The molecule has 0 aromatic heterocycles. The van der Waals surface area contributed by atoms with E-state index < -0.39 is 15.9 Å². The molecule has 0 aliphatic carbocycles. The van der Waals surface area contributed by atoms with Crippen molar-refractivity contribution < 1.29 is 13.2 Å². The number of carbonyl (C=O) groups is 1. The van der Waals surface area contributed by atoms with Gasteiger partial charge in [0.25, 0.3) is 5.91 Å². The van der Waals surface area contributed by atoms with Crippen LogP contribution >= 0.6 is 0 Å². The number of aryl methyl sites for hydroxylation is 4. The average Bonchev–Trinajstić information content (AvgIpc) is 2.59. The monoisotopic (exact) mass is 387 g/mol. The van der Waals surface area contributed by atoms with Crippen molar-refractivity contribution in [3.8, 4) is 0 Å². The van der Waals surface area contributed by atoms with Gasteiger partial charge in [0, 0.05) is 0 Å². The van der Waals surface area contributed by atoms with E-state index >= 15 is 0 Å². The standard InChI is InChI=1S/C20H25N3O3S/c1-5-17-6-8-18(9-7-17)12-21-23-19(24)13-22-27(25,26)20-15(3)10-14(2)11-16(20)4/h6-12,22H,5,13H2,1-4H3,(H,23,24)/b21-12-. The third kappa shape index (κ3) is 5.74. The van der Waals surface area contributed by atoms with Crippen LogP contribution in [0.2, 0.25) is 0 Å². The molecule has 0 aliphatic heterocycles. The molecule has 0 heterocycles. The topological polar surface area (TPSA) is 87.6 Å². The molecule has 0 bridgehead atoms. The molecule has 0 saturated carbocycles. The first-order valence-corrected chi connectivity index (χ1v) is 10.2. The maximum absolute atomic E-state index is 12.5. The summed E-state index contributed by atoms with van der Waals surface area (Å²) in [5.41, 5.74) is 6.67. The summed E-state index contributed by atoms with van der Waals surface area (Å²) in [6, 6.07) is 11.4. The summed E-state index contributed by atoms with van der Waals surface area (Å²) >= 11 is 0. The SMILES string of the molecule is CCc1ccc(/C=N\NC(=O)CNS(=O)(=O)c2c(C)cc(C)cc2C)cc1. The minimum Gasteiger partial charge on any atom is -0.272 e. The number of hydrazone groups is 1. The first-order chi connectivity index (χ1) is 12.7. The molecule has 0 spiro atoms. The molecule has 0 fully saturated rings. The van der Waals surface area contributed by atoms with Gasteiger partial charge in [0.05, 0.1) is 17.7 Å². The van der Waals surface area contributed by atoms with E-state index in [-0.39, 0.29) is 11.4 Å². The largest absolute Gasteiger partial charge is 0.272 e.